The number of anilines is 2. The largest absolute Gasteiger partial charge is 0.340 e. The Hall–Kier alpha value is -2.06. The average Bonchev–Trinajstić information content (AvgIpc) is 2.41. The second-order valence-corrected chi connectivity index (χ2v) is 5.29. The van der Waals surface area contributed by atoms with E-state index in [0.717, 1.165) is 17.0 Å². The van der Waals surface area contributed by atoms with E-state index in [0.29, 0.717) is 0 Å². The van der Waals surface area contributed by atoms with Crippen molar-refractivity contribution < 1.29 is 0 Å². The van der Waals surface area contributed by atoms with Crippen molar-refractivity contribution >= 4 is 34.8 Å². The summed E-state index contributed by atoms with van der Waals surface area (Å²) in [7, 11) is 0. The Bertz CT molecular complexity index is 767. The van der Waals surface area contributed by atoms with Crippen LogP contribution >= 0.6 is 12.4 Å². The summed E-state index contributed by atoms with van der Waals surface area (Å²) in [4.78, 5) is 4.76. The third-order valence-corrected chi connectivity index (χ3v) is 3.50. The van der Waals surface area contributed by atoms with Gasteiger partial charge in [-0.05, 0) is 56.2 Å². The number of nitrogens with zero attached hydrogens (tertiary/aromatic N) is 1. The molecule has 108 valence electrons. The molecule has 1 N–H and O–H groups in total. The molecule has 0 fully saturated rings. The van der Waals surface area contributed by atoms with Crippen molar-refractivity contribution in [3.05, 3.63) is 65.2 Å². The fourth-order valence-electron chi connectivity index (χ4n) is 2.58. The summed E-state index contributed by atoms with van der Waals surface area (Å²) in [6, 6.07) is 16.6. The molecule has 0 aliphatic heterocycles. The van der Waals surface area contributed by atoms with Gasteiger partial charge in [-0.15, -0.1) is 12.4 Å². The number of nitrogens with one attached hydrogen (secondary N) is 1. The second-order valence-electron chi connectivity index (χ2n) is 5.29. The van der Waals surface area contributed by atoms with Gasteiger partial charge in [0.15, 0.2) is 0 Å². The maximum absolute atomic E-state index is 4.76. The fraction of sp³-hybridized carbons (Fsp3) is 0.167. The van der Waals surface area contributed by atoms with Gasteiger partial charge in [0.05, 0.1) is 5.52 Å². The molecule has 21 heavy (non-hydrogen) atoms. The summed E-state index contributed by atoms with van der Waals surface area (Å²) in [5.74, 6) is 0.896. The molecule has 0 aliphatic rings. The lowest BCUT2D eigenvalue weighted by Crippen LogP contribution is -1.96. The van der Waals surface area contributed by atoms with Crippen LogP contribution < -0.4 is 5.32 Å². The maximum atomic E-state index is 4.76. The van der Waals surface area contributed by atoms with Crippen LogP contribution in [0, 0.1) is 20.8 Å². The maximum Gasteiger partial charge on any atom is 0.131 e. The van der Waals surface area contributed by atoms with Gasteiger partial charge in [-0.25, -0.2) is 4.98 Å². The Balaban J connectivity index is 0.00000161. The summed E-state index contributed by atoms with van der Waals surface area (Å²) < 4.78 is 0. The molecule has 0 radical (unpaired) electrons. The molecule has 2 nitrogen and oxygen atoms in total. The Morgan fingerprint density at radius 1 is 0.857 bits per heavy atom. The average molecular weight is 299 g/mol. The van der Waals surface area contributed by atoms with E-state index in [-0.39, 0.29) is 12.4 Å². The zero-order valence-electron chi connectivity index (χ0n) is 12.5. The first kappa shape index (κ1) is 15.3. The molecule has 1 aromatic heterocycles. The third-order valence-electron chi connectivity index (χ3n) is 3.50. The monoisotopic (exact) mass is 298 g/mol. The standard InChI is InChI=1S/C18H18N2.ClH/c1-12-9-14(3)18-16(10-12)13(2)11-17(20-18)19-15-7-5-4-6-8-15;/h4-11H,1-3H3,(H,19,20);1H. The summed E-state index contributed by atoms with van der Waals surface area (Å²) in [5, 5.41) is 4.60. The number of benzene rings is 2. The predicted octanol–water partition coefficient (Wildman–Crippen LogP) is 5.33. The summed E-state index contributed by atoms with van der Waals surface area (Å²) in [6.07, 6.45) is 0. The first-order chi connectivity index (χ1) is 9.63. The van der Waals surface area contributed by atoms with E-state index in [1.807, 2.05) is 30.3 Å². The van der Waals surface area contributed by atoms with E-state index in [1.54, 1.807) is 0 Å². The SMILES string of the molecule is Cc1cc(C)c2nc(Nc3ccccc3)cc(C)c2c1.Cl. The Morgan fingerprint density at radius 2 is 1.57 bits per heavy atom. The number of aromatic nitrogens is 1. The van der Waals surface area contributed by atoms with Crippen LogP contribution in [0.4, 0.5) is 11.5 Å². The highest BCUT2D eigenvalue weighted by atomic mass is 35.5. The molecular formula is C18H19ClN2. The first-order valence-electron chi connectivity index (χ1n) is 6.84. The van der Waals surface area contributed by atoms with Crippen molar-refractivity contribution in [2.75, 3.05) is 5.32 Å². The lowest BCUT2D eigenvalue weighted by atomic mass is 10.0. The Morgan fingerprint density at radius 3 is 2.29 bits per heavy atom. The molecule has 0 saturated carbocycles. The molecule has 0 amide bonds. The van der Waals surface area contributed by atoms with Gasteiger partial charge in [0.2, 0.25) is 0 Å². The topological polar surface area (TPSA) is 24.9 Å². The van der Waals surface area contributed by atoms with Crippen LogP contribution in [0.1, 0.15) is 16.7 Å². The lowest BCUT2D eigenvalue weighted by Gasteiger charge is -2.11. The van der Waals surface area contributed by atoms with Gasteiger partial charge >= 0.3 is 0 Å². The summed E-state index contributed by atoms with van der Waals surface area (Å²) in [6.45, 7) is 6.38. The fourth-order valence-corrected chi connectivity index (χ4v) is 2.58. The van der Waals surface area contributed by atoms with Gasteiger partial charge < -0.3 is 5.32 Å². The van der Waals surface area contributed by atoms with Crippen LogP contribution in [0.3, 0.4) is 0 Å². The van der Waals surface area contributed by atoms with E-state index in [4.69, 9.17) is 4.98 Å². The minimum absolute atomic E-state index is 0. The van der Waals surface area contributed by atoms with Gasteiger partial charge in [-0.2, -0.15) is 0 Å². The molecule has 1 heterocycles. The van der Waals surface area contributed by atoms with E-state index in [9.17, 15) is 0 Å². The minimum Gasteiger partial charge on any atom is -0.340 e. The van der Waals surface area contributed by atoms with Crippen LogP contribution in [0.2, 0.25) is 0 Å². The molecule has 0 unspecified atom stereocenters. The number of aryl methyl sites for hydroxylation is 3. The van der Waals surface area contributed by atoms with Gasteiger partial charge in [0.25, 0.3) is 0 Å². The van der Waals surface area contributed by atoms with E-state index >= 15 is 0 Å². The van der Waals surface area contributed by atoms with Crippen molar-refractivity contribution in [2.45, 2.75) is 20.8 Å². The number of fused-ring (bicyclic) bond motifs is 1. The molecule has 3 heteroatoms. The van der Waals surface area contributed by atoms with Gasteiger partial charge in [0, 0.05) is 11.1 Å². The number of hydrogen-bond acceptors (Lipinski definition) is 2. The zero-order chi connectivity index (χ0) is 14.1. The van der Waals surface area contributed by atoms with E-state index in [2.05, 4.69) is 44.3 Å². The van der Waals surface area contributed by atoms with Crippen LogP contribution in [0.25, 0.3) is 10.9 Å². The van der Waals surface area contributed by atoms with Crippen LogP contribution in [-0.2, 0) is 0 Å². The van der Waals surface area contributed by atoms with Crippen LogP contribution in [0.15, 0.2) is 48.5 Å². The van der Waals surface area contributed by atoms with Crippen molar-refractivity contribution in [3.63, 3.8) is 0 Å². The zero-order valence-corrected chi connectivity index (χ0v) is 13.3. The summed E-state index contributed by atoms with van der Waals surface area (Å²) in [5.41, 5.74) is 5.89. The van der Waals surface area contributed by atoms with Gasteiger partial charge in [-0.1, -0.05) is 29.8 Å². The quantitative estimate of drug-likeness (QED) is 0.692. The van der Waals surface area contributed by atoms with Crippen molar-refractivity contribution in [3.8, 4) is 0 Å². The molecule has 3 rings (SSSR count). The van der Waals surface area contributed by atoms with Crippen LogP contribution in [0.5, 0.6) is 0 Å². The predicted molar refractivity (Wildman–Crippen MR) is 92.9 cm³/mol. The number of para-hydroxylation sites is 1. The van der Waals surface area contributed by atoms with Crippen molar-refractivity contribution in [2.24, 2.45) is 0 Å². The second kappa shape index (κ2) is 6.15. The molecular weight excluding hydrogens is 280 g/mol. The minimum atomic E-state index is 0. The molecule has 0 aliphatic carbocycles. The first-order valence-corrected chi connectivity index (χ1v) is 6.84. The smallest absolute Gasteiger partial charge is 0.131 e. The van der Waals surface area contributed by atoms with Gasteiger partial charge in [0.1, 0.15) is 5.82 Å². The normalized spacial score (nSPS) is 10.2. The molecule has 3 aromatic rings. The molecule has 2 aromatic carbocycles. The molecule has 0 saturated heterocycles. The highest BCUT2D eigenvalue weighted by molar-refractivity contribution is 5.87. The Kier molecular flexibility index (Phi) is 4.49. The summed E-state index contributed by atoms with van der Waals surface area (Å²) >= 11 is 0. The highest BCUT2D eigenvalue weighted by Crippen LogP contribution is 2.26. The van der Waals surface area contributed by atoms with Crippen LogP contribution in [-0.4, -0.2) is 4.98 Å². The third kappa shape index (κ3) is 3.17. The number of halogens is 1. The molecule has 0 spiro atoms. The molecule has 0 bridgehead atoms. The van der Waals surface area contributed by atoms with Crippen molar-refractivity contribution in [1.29, 1.82) is 0 Å². The van der Waals surface area contributed by atoms with E-state index in [1.165, 1.54) is 22.1 Å². The highest BCUT2D eigenvalue weighted by Gasteiger charge is 2.06. The lowest BCUT2D eigenvalue weighted by molar-refractivity contribution is 1.30. The number of pyridine rings is 1. The van der Waals surface area contributed by atoms with E-state index < -0.39 is 0 Å². The van der Waals surface area contributed by atoms with Crippen molar-refractivity contribution in [1.82, 2.24) is 4.98 Å². The Labute approximate surface area is 131 Å². The molecule has 0 atom stereocenters. The number of hydrogen-bond donors (Lipinski definition) is 1. The number of rotatable bonds is 2. The van der Waals surface area contributed by atoms with Gasteiger partial charge in [-0.3, -0.25) is 0 Å².